The minimum absolute atomic E-state index is 0.142. The maximum Gasteiger partial charge on any atom is 0.277 e. The van der Waals surface area contributed by atoms with Crippen molar-refractivity contribution in [2.24, 2.45) is 0 Å². The predicted octanol–water partition coefficient (Wildman–Crippen LogP) is 0.341. The van der Waals surface area contributed by atoms with E-state index in [1.807, 2.05) is 0 Å². The molecule has 0 saturated heterocycles. The molecule has 0 spiro atoms. The third kappa shape index (κ3) is 1.06. The first-order valence-corrected chi connectivity index (χ1v) is 4.13. The standard InChI is InChI=1S/C6H6N4OS/c7-6-9-4(11)3-5(10-6)12-2-1-8-3/h1-2,8H,(H3,7,9,10,11). The van der Waals surface area contributed by atoms with Crippen molar-refractivity contribution in [2.75, 3.05) is 11.1 Å². The van der Waals surface area contributed by atoms with E-state index in [4.69, 9.17) is 5.73 Å². The van der Waals surface area contributed by atoms with Gasteiger partial charge in [0, 0.05) is 6.20 Å². The Morgan fingerprint density at radius 2 is 2.42 bits per heavy atom. The first-order valence-electron chi connectivity index (χ1n) is 3.25. The molecule has 4 N–H and O–H groups in total. The number of nitrogens with zero attached hydrogens (tertiary/aromatic N) is 1. The fourth-order valence-corrected chi connectivity index (χ4v) is 1.58. The molecule has 0 bridgehead atoms. The van der Waals surface area contributed by atoms with E-state index in [1.165, 1.54) is 11.8 Å². The molecule has 0 fully saturated rings. The van der Waals surface area contributed by atoms with E-state index < -0.39 is 0 Å². The normalized spacial score (nSPS) is 13.7. The van der Waals surface area contributed by atoms with Crippen molar-refractivity contribution >= 4 is 23.4 Å². The average molecular weight is 182 g/mol. The third-order valence-electron chi connectivity index (χ3n) is 1.38. The highest BCUT2D eigenvalue weighted by atomic mass is 32.2. The van der Waals surface area contributed by atoms with Crippen LogP contribution in [0.3, 0.4) is 0 Å². The van der Waals surface area contributed by atoms with Crippen LogP contribution in [0.1, 0.15) is 0 Å². The Hall–Kier alpha value is -1.43. The Labute approximate surface area is 72.1 Å². The van der Waals surface area contributed by atoms with Gasteiger partial charge in [-0.3, -0.25) is 9.78 Å². The van der Waals surface area contributed by atoms with Crippen LogP contribution in [0.4, 0.5) is 11.6 Å². The van der Waals surface area contributed by atoms with E-state index in [-0.39, 0.29) is 11.5 Å². The summed E-state index contributed by atoms with van der Waals surface area (Å²) in [4.78, 5) is 17.5. The second-order valence-corrected chi connectivity index (χ2v) is 3.09. The summed E-state index contributed by atoms with van der Waals surface area (Å²) < 4.78 is 0. The number of nitrogens with two attached hydrogens (primary N) is 1. The molecule has 62 valence electrons. The number of fused-ring (bicyclic) bond motifs is 1. The van der Waals surface area contributed by atoms with Gasteiger partial charge in [0.25, 0.3) is 5.56 Å². The highest BCUT2D eigenvalue weighted by molar-refractivity contribution is 8.02. The average Bonchev–Trinajstić information content (AvgIpc) is 2.04. The van der Waals surface area contributed by atoms with Crippen LogP contribution < -0.4 is 16.6 Å². The van der Waals surface area contributed by atoms with E-state index in [9.17, 15) is 4.79 Å². The van der Waals surface area contributed by atoms with Crippen molar-refractivity contribution in [1.29, 1.82) is 0 Å². The van der Waals surface area contributed by atoms with Crippen LogP contribution >= 0.6 is 11.8 Å². The van der Waals surface area contributed by atoms with Gasteiger partial charge in [-0.1, -0.05) is 11.8 Å². The molecule has 5 nitrogen and oxygen atoms in total. The molecule has 0 saturated carbocycles. The summed E-state index contributed by atoms with van der Waals surface area (Å²) in [6.45, 7) is 0. The molecule has 0 aromatic carbocycles. The van der Waals surface area contributed by atoms with Crippen molar-refractivity contribution in [3.63, 3.8) is 0 Å². The number of rotatable bonds is 0. The molecule has 1 aliphatic rings. The Morgan fingerprint density at radius 3 is 3.25 bits per heavy atom. The Morgan fingerprint density at radius 1 is 1.58 bits per heavy atom. The molecule has 6 heteroatoms. The molecule has 1 aromatic heterocycles. The summed E-state index contributed by atoms with van der Waals surface area (Å²) in [6.07, 6.45) is 1.68. The molecular weight excluding hydrogens is 176 g/mol. The monoisotopic (exact) mass is 182 g/mol. The van der Waals surface area contributed by atoms with Gasteiger partial charge in [0.1, 0.15) is 10.7 Å². The summed E-state index contributed by atoms with van der Waals surface area (Å²) >= 11 is 1.36. The maximum absolute atomic E-state index is 11.2. The lowest BCUT2D eigenvalue weighted by molar-refractivity contribution is 1.04. The fourth-order valence-electron chi connectivity index (χ4n) is 0.898. The zero-order valence-electron chi connectivity index (χ0n) is 6.00. The number of anilines is 2. The van der Waals surface area contributed by atoms with Gasteiger partial charge in [-0.2, -0.15) is 0 Å². The minimum Gasteiger partial charge on any atom is -0.369 e. The van der Waals surface area contributed by atoms with Gasteiger partial charge in [-0.25, -0.2) is 4.98 Å². The van der Waals surface area contributed by atoms with Gasteiger partial charge >= 0.3 is 0 Å². The van der Waals surface area contributed by atoms with Gasteiger partial charge in [0.2, 0.25) is 5.95 Å². The smallest absolute Gasteiger partial charge is 0.277 e. The summed E-state index contributed by atoms with van der Waals surface area (Å²) in [5.74, 6) is 0.142. The van der Waals surface area contributed by atoms with Crippen LogP contribution in [0.25, 0.3) is 0 Å². The summed E-state index contributed by atoms with van der Waals surface area (Å²) in [7, 11) is 0. The van der Waals surface area contributed by atoms with Gasteiger partial charge in [-0.05, 0) is 5.41 Å². The first kappa shape index (κ1) is 7.23. The number of H-pyrrole nitrogens is 1. The fraction of sp³-hybridized carbons (Fsp3) is 0. The van der Waals surface area contributed by atoms with Gasteiger partial charge in [0.05, 0.1) is 0 Å². The first-order chi connectivity index (χ1) is 5.77. The summed E-state index contributed by atoms with van der Waals surface area (Å²) in [5, 5.41) is 5.20. The second-order valence-electron chi connectivity index (χ2n) is 2.20. The van der Waals surface area contributed by atoms with E-state index in [2.05, 4.69) is 15.3 Å². The SMILES string of the molecule is Nc1nc2c(c(=O)[nH]1)NC=CS2. The zero-order chi connectivity index (χ0) is 8.55. The van der Waals surface area contributed by atoms with E-state index in [0.29, 0.717) is 10.7 Å². The molecule has 0 atom stereocenters. The summed E-state index contributed by atoms with van der Waals surface area (Å²) in [5.41, 5.74) is 5.56. The lowest BCUT2D eigenvalue weighted by Crippen LogP contribution is -2.17. The van der Waals surface area contributed by atoms with Crippen molar-refractivity contribution in [2.45, 2.75) is 5.03 Å². The third-order valence-corrected chi connectivity index (χ3v) is 2.17. The Balaban J connectivity index is 2.65. The Kier molecular flexibility index (Phi) is 1.54. The van der Waals surface area contributed by atoms with Crippen LogP contribution in [0.2, 0.25) is 0 Å². The molecule has 1 aliphatic heterocycles. The number of nitrogens with one attached hydrogen (secondary N) is 2. The lowest BCUT2D eigenvalue weighted by atomic mass is 10.5. The number of thioether (sulfide) groups is 1. The van der Waals surface area contributed by atoms with Crippen LogP contribution in [-0.2, 0) is 0 Å². The Bertz CT molecular complexity index is 397. The quantitative estimate of drug-likeness (QED) is 0.504. The van der Waals surface area contributed by atoms with Crippen LogP contribution in [0, 0.1) is 0 Å². The van der Waals surface area contributed by atoms with Gasteiger partial charge in [-0.15, -0.1) is 0 Å². The topological polar surface area (TPSA) is 83.8 Å². The maximum atomic E-state index is 11.2. The predicted molar refractivity (Wildman–Crippen MR) is 47.9 cm³/mol. The molecule has 12 heavy (non-hydrogen) atoms. The van der Waals surface area contributed by atoms with E-state index in [0.717, 1.165) is 0 Å². The van der Waals surface area contributed by atoms with Crippen molar-refractivity contribution in [1.82, 2.24) is 9.97 Å². The van der Waals surface area contributed by atoms with Crippen molar-refractivity contribution < 1.29 is 0 Å². The van der Waals surface area contributed by atoms with Crippen LogP contribution in [0.15, 0.2) is 21.4 Å². The second kappa shape index (κ2) is 2.56. The highest BCUT2D eigenvalue weighted by Gasteiger charge is 2.11. The van der Waals surface area contributed by atoms with E-state index >= 15 is 0 Å². The molecule has 0 radical (unpaired) electrons. The largest absolute Gasteiger partial charge is 0.369 e. The molecule has 2 rings (SSSR count). The molecule has 2 heterocycles. The number of hydrogen-bond acceptors (Lipinski definition) is 5. The molecular formula is C6H6N4OS. The van der Waals surface area contributed by atoms with Gasteiger partial charge in [0.15, 0.2) is 0 Å². The lowest BCUT2D eigenvalue weighted by Gasteiger charge is -2.09. The molecule has 0 unspecified atom stereocenters. The summed E-state index contributed by atoms with van der Waals surface area (Å²) in [6, 6.07) is 0. The highest BCUT2D eigenvalue weighted by Crippen LogP contribution is 2.26. The van der Waals surface area contributed by atoms with E-state index in [1.54, 1.807) is 11.6 Å². The number of aromatic nitrogens is 2. The molecule has 0 aliphatic carbocycles. The van der Waals surface area contributed by atoms with Crippen LogP contribution in [-0.4, -0.2) is 9.97 Å². The van der Waals surface area contributed by atoms with Gasteiger partial charge < -0.3 is 11.1 Å². The van der Waals surface area contributed by atoms with Crippen molar-refractivity contribution in [3.8, 4) is 0 Å². The minimum atomic E-state index is -0.241. The molecule has 0 amide bonds. The van der Waals surface area contributed by atoms with Crippen molar-refractivity contribution in [3.05, 3.63) is 22.0 Å². The zero-order valence-corrected chi connectivity index (χ0v) is 6.81. The number of aromatic amines is 1. The number of nitrogen functional groups attached to an aromatic ring is 1. The molecule has 1 aromatic rings. The number of hydrogen-bond donors (Lipinski definition) is 3. The van der Waals surface area contributed by atoms with Crippen LogP contribution in [0.5, 0.6) is 0 Å².